The van der Waals surface area contributed by atoms with Gasteiger partial charge in [-0.1, -0.05) is 32.3 Å². The molecule has 12 nitrogen and oxygen atoms in total. The molecule has 4 bridgehead atoms. The van der Waals surface area contributed by atoms with Gasteiger partial charge in [0.1, 0.15) is 29.8 Å². The number of aryl methyl sites for hydroxylation is 1. The van der Waals surface area contributed by atoms with Gasteiger partial charge in [-0.05, 0) is 113 Å². The molecule has 1 heterocycles. The average Bonchev–Trinajstić information content (AvgIpc) is 3.52. The Labute approximate surface area is 288 Å². The number of aromatic nitrogens is 2. The van der Waals surface area contributed by atoms with Crippen molar-refractivity contribution in [3.8, 4) is 0 Å². The molecule has 7 rings (SSSR count). The molecule has 0 spiro atoms. The maximum atomic E-state index is 13.5. The summed E-state index contributed by atoms with van der Waals surface area (Å²) in [5, 5.41) is 59.7. The number of hydrogen-bond acceptors (Lipinski definition) is 9. The predicted molar refractivity (Wildman–Crippen MR) is 184 cm³/mol. The second-order valence-electron chi connectivity index (χ2n) is 15.6. The number of aliphatic hydroxyl groups is 5. The number of rotatable bonds is 13. The average molecular weight is 685 g/mol. The van der Waals surface area contributed by atoms with Crippen LogP contribution in [-0.4, -0.2) is 97.1 Å². The Morgan fingerprint density at radius 3 is 2.14 bits per heavy atom. The van der Waals surface area contributed by atoms with Gasteiger partial charge in [-0.3, -0.25) is 4.79 Å². The minimum Gasteiger partial charge on any atom is -0.478 e. The fourth-order valence-electron chi connectivity index (χ4n) is 9.43. The normalized spacial score (nSPS) is 27.8. The zero-order chi connectivity index (χ0) is 35.3. The number of carbonyl (C=O) groups is 2. The van der Waals surface area contributed by atoms with Gasteiger partial charge in [-0.2, -0.15) is 0 Å². The van der Waals surface area contributed by atoms with Gasteiger partial charge in [-0.25, -0.2) is 9.78 Å². The number of anilines is 1. The fourth-order valence-corrected chi connectivity index (χ4v) is 9.43. The molecule has 0 radical (unpaired) electrons. The molecule has 12 heteroatoms. The lowest BCUT2D eigenvalue weighted by Crippen LogP contribution is -2.48. The maximum absolute atomic E-state index is 13.5. The van der Waals surface area contributed by atoms with Gasteiger partial charge in [0.05, 0.1) is 18.3 Å². The Morgan fingerprint density at radius 2 is 1.57 bits per heavy atom. The maximum Gasteiger partial charge on any atom is 0.335 e. The van der Waals surface area contributed by atoms with E-state index in [0.717, 1.165) is 55.0 Å². The van der Waals surface area contributed by atoms with Crippen LogP contribution in [0.5, 0.6) is 0 Å². The standard InChI is InChI=1S/C30H39N3O3.C7H17NO5/c1-29(9-3-2-4-10-29)28-32-24(8-11-30-16-19-12-20(17-30)14-21(13-19)18-30)25(33-28)26(34)31-23-7-5-6-22(15-23)27(35)36;1-8-2-4(10)6(12)7(13)5(11)3-9/h5-7,15,19-21H,2-4,8-14,16-18H2,1H3,(H,31,34)(H,32,33)(H,35,36);4-13H,2-3H2,1H3/t;4-,5+,6+,7+/m.0/s1. The summed E-state index contributed by atoms with van der Waals surface area (Å²) < 4.78 is 0. The van der Waals surface area contributed by atoms with Crippen LogP contribution in [0.1, 0.15) is 116 Å². The van der Waals surface area contributed by atoms with Crippen LogP contribution in [0.2, 0.25) is 0 Å². The molecule has 5 fully saturated rings. The van der Waals surface area contributed by atoms with E-state index >= 15 is 0 Å². The highest BCUT2D eigenvalue weighted by Gasteiger charge is 2.50. The molecule has 5 aliphatic rings. The summed E-state index contributed by atoms with van der Waals surface area (Å²) in [7, 11) is 1.57. The van der Waals surface area contributed by atoms with Crippen LogP contribution in [0.4, 0.5) is 5.69 Å². The number of nitrogens with zero attached hydrogens (tertiary/aromatic N) is 1. The van der Waals surface area contributed by atoms with E-state index in [4.69, 9.17) is 25.4 Å². The van der Waals surface area contributed by atoms with Gasteiger partial charge in [0.15, 0.2) is 0 Å². The second-order valence-corrected chi connectivity index (χ2v) is 15.6. The lowest BCUT2D eigenvalue weighted by atomic mass is 9.48. The summed E-state index contributed by atoms with van der Waals surface area (Å²) in [5.41, 5.74) is 2.52. The number of benzene rings is 1. The van der Waals surface area contributed by atoms with Crippen molar-refractivity contribution in [3.63, 3.8) is 0 Å². The first-order valence-corrected chi connectivity index (χ1v) is 18.1. The number of likely N-dealkylation sites (N-methyl/N-ethyl adjacent to an activating group) is 1. The molecule has 272 valence electrons. The Morgan fingerprint density at radius 1 is 0.959 bits per heavy atom. The number of imidazole rings is 1. The number of H-pyrrole nitrogens is 1. The van der Waals surface area contributed by atoms with Crippen molar-refractivity contribution in [1.82, 2.24) is 15.3 Å². The van der Waals surface area contributed by atoms with Gasteiger partial charge in [0.25, 0.3) is 5.91 Å². The zero-order valence-electron chi connectivity index (χ0n) is 28.9. The molecule has 49 heavy (non-hydrogen) atoms. The molecule has 5 saturated carbocycles. The highest BCUT2D eigenvalue weighted by Crippen LogP contribution is 2.61. The Bertz CT molecular complexity index is 1390. The van der Waals surface area contributed by atoms with E-state index in [1.165, 1.54) is 69.9 Å². The number of carboxylic acid groups (broad SMARTS) is 1. The number of amides is 1. The number of carbonyl (C=O) groups excluding carboxylic acids is 1. The van der Waals surface area contributed by atoms with Crippen molar-refractivity contribution < 1.29 is 40.2 Å². The minimum atomic E-state index is -1.55. The van der Waals surface area contributed by atoms with Crippen LogP contribution in [-0.2, 0) is 11.8 Å². The topological polar surface area (TPSA) is 208 Å². The molecule has 4 atom stereocenters. The van der Waals surface area contributed by atoms with Crippen molar-refractivity contribution in [2.24, 2.45) is 23.2 Å². The molecule has 1 amide bonds. The zero-order valence-corrected chi connectivity index (χ0v) is 28.9. The first-order valence-electron chi connectivity index (χ1n) is 18.1. The molecule has 0 saturated heterocycles. The third-order valence-electron chi connectivity index (χ3n) is 11.7. The smallest absolute Gasteiger partial charge is 0.335 e. The van der Waals surface area contributed by atoms with Gasteiger partial charge >= 0.3 is 5.97 Å². The van der Waals surface area contributed by atoms with Crippen LogP contribution in [0.15, 0.2) is 24.3 Å². The van der Waals surface area contributed by atoms with Gasteiger partial charge in [-0.15, -0.1) is 0 Å². The number of aromatic carboxylic acids is 1. The quantitative estimate of drug-likeness (QED) is 0.150. The Balaban J connectivity index is 0.000000308. The monoisotopic (exact) mass is 684 g/mol. The number of nitrogens with one attached hydrogen (secondary N) is 3. The van der Waals surface area contributed by atoms with Crippen molar-refractivity contribution in [2.45, 2.75) is 120 Å². The van der Waals surface area contributed by atoms with Crippen LogP contribution in [0, 0.1) is 23.2 Å². The number of aromatic amines is 1. The summed E-state index contributed by atoms with van der Waals surface area (Å²) >= 11 is 0. The first kappa shape index (κ1) is 37.4. The van der Waals surface area contributed by atoms with E-state index in [0.29, 0.717) is 16.8 Å². The lowest BCUT2D eigenvalue weighted by molar-refractivity contribution is -0.113. The molecule has 0 aliphatic heterocycles. The van der Waals surface area contributed by atoms with E-state index in [1.807, 2.05) is 0 Å². The SMILES string of the molecule is CC1(c2nc(C(=O)Nc3cccc(C(=O)O)c3)c(CCC34CC5CC(CC(C5)C3)C4)[nH]2)CCCCC1.CNC[C@H](O)[C@@H](O)[C@H](O)[C@H](O)CO. The summed E-state index contributed by atoms with van der Waals surface area (Å²) in [5.74, 6) is 2.44. The second kappa shape index (κ2) is 16.0. The van der Waals surface area contributed by atoms with E-state index in [-0.39, 0.29) is 23.4 Å². The summed E-state index contributed by atoms with van der Waals surface area (Å²) in [6.45, 7) is 1.72. The molecule has 9 N–H and O–H groups in total. The largest absolute Gasteiger partial charge is 0.478 e. The molecule has 0 unspecified atom stereocenters. The third-order valence-corrected chi connectivity index (χ3v) is 11.7. The van der Waals surface area contributed by atoms with Crippen molar-refractivity contribution in [3.05, 3.63) is 47.0 Å². The summed E-state index contributed by atoms with van der Waals surface area (Å²) in [6.07, 6.45) is 10.6. The highest BCUT2D eigenvalue weighted by atomic mass is 16.4. The van der Waals surface area contributed by atoms with Crippen molar-refractivity contribution in [2.75, 3.05) is 25.5 Å². The van der Waals surface area contributed by atoms with Crippen LogP contribution in [0.3, 0.4) is 0 Å². The number of hydrogen-bond donors (Lipinski definition) is 9. The van der Waals surface area contributed by atoms with E-state index in [2.05, 4.69) is 22.5 Å². The highest BCUT2D eigenvalue weighted by molar-refractivity contribution is 6.04. The molecule has 1 aromatic carbocycles. The van der Waals surface area contributed by atoms with Gasteiger partial charge < -0.3 is 46.3 Å². The molecular formula is C37H56N4O8. The van der Waals surface area contributed by atoms with Crippen molar-refractivity contribution >= 4 is 17.6 Å². The van der Waals surface area contributed by atoms with Crippen molar-refractivity contribution in [1.29, 1.82) is 0 Å². The van der Waals surface area contributed by atoms with Gasteiger partial charge in [0, 0.05) is 23.3 Å². The number of carboxylic acids is 1. The Kier molecular flexibility index (Phi) is 12.2. The number of aliphatic hydroxyl groups excluding tert-OH is 5. The fraction of sp³-hybridized carbons (Fsp3) is 0.703. The minimum absolute atomic E-state index is 0.0184. The predicted octanol–water partition coefficient (Wildman–Crippen LogP) is 3.37. The van der Waals surface area contributed by atoms with E-state index < -0.39 is 37.0 Å². The first-order chi connectivity index (χ1) is 23.3. The summed E-state index contributed by atoms with van der Waals surface area (Å²) in [6, 6.07) is 6.43. The summed E-state index contributed by atoms with van der Waals surface area (Å²) in [4.78, 5) is 33.5. The lowest BCUT2D eigenvalue weighted by Gasteiger charge is -2.57. The molecule has 1 aromatic heterocycles. The van der Waals surface area contributed by atoms with E-state index in [9.17, 15) is 19.8 Å². The third kappa shape index (κ3) is 8.90. The Hall–Kier alpha value is -2.87. The molecule has 5 aliphatic carbocycles. The molecular weight excluding hydrogens is 628 g/mol. The van der Waals surface area contributed by atoms with E-state index in [1.54, 1.807) is 19.2 Å². The molecule has 2 aromatic rings. The van der Waals surface area contributed by atoms with Crippen LogP contribution in [0.25, 0.3) is 0 Å². The van der Waals surface area contributed by atoms with Crippen LogP contribution < -0.4 is 10.6 Å². The van der Waals surface area contributed by atoms with Gasteiger partial charge in [0.2, 0.25) is 0 Å². The van der Waals surface area contributed by atoms with Crippen LogP contribution >= 0.6 is 0 Å².